The maximum absolute atomic E-state index is 14.3. The molecule has 0 radical (unpaired) electrons. The highest BCUT2D eigenvalue weighted by atomic mass is 79.9. The normalized spacial score (nSPS) is 10.4. The molecule has 0 amide bonds. The Bertz CT molecular complexity index is 960. The average molecular weight is 382 g/mol. The fourth-order valence-corrected chi connectivity index (χ4v) is 2.96. The highest BCUT2D eigenvalue weighted by Gasteiger charge is 2.20. The van der Waals surface area contributed by atoms with Crippen LogP contribution in [-0.4, -0.2) is 4.98 Å². The number of aromatic nitrogens is 1. The third-order valence-corrected chi connectivity index (χ3v) is 4.37. The van der Waals surface area contributed by atoms with Crippen molar-refractivity contribution in [1.29, 1.82) is 5.26 Å². The second-order valence-electron chi connectivity index (χ2n) is 5.32. The van der Waals surface area contributed by atoms with Gasteiger partial charge in [0.05, 0.1) is 5.69 Å². The minimum atomic E-state index is -0.399. The number of nitrogens with two attached hydrogens (primary N) is 1. The molecule has 1 aromatic heterocycles. The van der Waals surface area contributed by atoms with Crippen molar-refractivity contribution in [2.24, 2.45) is 0 Å². The van der Waals surface area contributed by atoms with Crippen LogP contribution in [0.15, 0.2) is 53.0 Å². The number of pyridine rings is 1. The van der Waals surface area contributed by atoms with Gasteiger partial charge in [-0.1, -0.05) is 46.3 Å². The van der Waals surface area contributed by atoms with Crippen molar-refractivity contribution in [2.45, 2.75) is 6.92 Å². The number of anilines is 1. The maximum Gasteiger partial charge on any atom is 0.142 e. The first kappa shape index (κ1) is 16.2. The molecule has 0 unspecified atom stereocenters. The number of benzene rings is 2. The van der Waals surface area contributed by atoms with E-state index < -0.39 is 5.82 Å². The van der Waals surface area contributed by atoms with Crippen molar-refractivity contribution in [3.05, 3.63) is 69.9 Å². The number of hydrogen-bond acceptors (Lipinski definition) is 3. The summed E-state index contributed by atoms with van der Waals surface area (Å²) in [6, 6.07) is 16.0. The Morgan fingerprint density at radius 3 is 2.42 bits per heavy atom. The molecule has 0 saturated carbocycles. The standard InChI is InChI=1S/C19H13BrFN3/c1-11-17(14-4-2-3-5-16(14)21)15(10-22)19(23)24-18(11)12-6-8-13(20)9-7-12/h2-9H,1H3,(H2,23,24). The minimum Gasteiger partial charge on any atom is -0.383 e. The quantitative estimate of drug-likeness (QED) is 0.672. The predicted molar refractivity (Wildman–Crippen MR) is 96.6 cm³/mol. The van der Waals surface area contributed by atoms with Gasteiger partial charge in [-0.3, -0.25) is 0 Å². The van der Waals surface area contributed by atoms with Crippen molar-refractivity contribution < 1.29 is 4.39 Å². The fraction of sp³-hybridized carbons (Fsp3) is 0.0526. The number of halogens is 2. The number of nitriles is 1. The predicted octanol–water partition coefficient (Wildman–Crippen LogP) is 5.08. The topological polar surface area (TPSA) is 62.7 Å². The summed E-state index contributed by atoms with van der Waals surface area (Å²) in [5, 5.41) is 9.48. The zero-order chi connectivity index (χ0) is 17.3. The lowest BCUT2D eigenvalue weighted by molar-refractivity contribution is 0.631. The molecule has 0 aliphatic carbocycles. The van der Waals surface area contributed by atoms with E-state index in [-0.39, 0.29) is 11.4 Å². The van der Waals surface area contributed by atoms with E-state index in [1.54, 1.807) is 18.2 Å². The van der Waals surface area contributed by atoms with Crippen LogP contribution in [0.5, 0.6) is 0 Å². The maximum atomic E-state index is 14.3. The van der Waals surface area contributed by atoms with E-state index in [0.29, 0.717) is 22.4 Å². The Hall–Kier alpha value is -2.71. The molecule has 0 atom stereocenters. The average Bonchev–Trinajstić information content (AvgIpc) is 2.58. The van der Waals surface area contributed by atoms with Crippen LogP contribution in [0.1, 0.15) is 11.1 Å². The molecule has 2 N–H and O–H groups in total. The highest BCUT2D eigenvalue weighted by molar-refractivity contribution is 9.10. The molecule has 0 spiro atoms. The van der Waals surface area contributed by atoms with Crippen molar-refractivity contribution >= 4 is 21.7 Å². The van der Waals surface area contributed by atoms with Crippen LogP contribution in [0.4, 0.5) is 10.2 Å². The van der Waals surface area contributed by atoms with E-state index in [0.717, 1.165) is 10.0 Å². The van der Waals surface area contributed by atoms with E-state index in [1.165, 1.54) is 6.07 Å². The number of rotatable bonds is 2. The minimum absolute atomic E-state index is 0.0965. The van der Waals surface area contributed by atoms with Gasteiger partial charge in [0.2, 0.25) is 0 Å². The molecule has 5 heteroatoms. The molecule has 3 nitrogen and oxygen atoms in total. The molecular weight excluding hydrogens is 369 g/mol. The molecule has 1 heterocycles. The van der Waals surface area contributed by atoms with Crippen molar-refractivity contribution in [3.63, 3.8) is 0 Å². The SMILES string of the molecule is Cc1c(-c2ccc(Br)cc2)nc(N)c(C#N)c1-c1ccccc1F. The first-order valence-electron chi connectivity index (χ1n) is 7.24. The Morgan fingerprint density at radius 2 is 1.79 bits per heavy atom. The van der Waals surface area contributed by atoms with Crippen molar-refractivity contribution in [2.75, 3.05) is 5.73 Å². The van der Waals surface area contributed by atoms with E-state index in [4.69, 9.17) is 5.73 Å². The van der Waals surface area contributed by atoms with Gasteiger partial charge in [0.15, 0.2) is 0 Å². The summed E-state index contributed by atoms with van der Waals surface area (Å²) in [6.45, 7) is 1.83. The summed E-state index contributed by atoms with van der Waals surface area (Å²) in [6.07, 6.45) is 0. The number of nitrogens with zero attached hydrogens (tertiary/aromatic N) is 2. The highest BCUT2D eigenvalue weighted by Crippen LogP contribution is 2.36. The van der Waals surface area contributed by atoms with Crippen LogP contribution < -0.4 is 5.73 Å². The Labute approximate surface area is 147 Å². The second kappa shape index (κ2) is 6.42. The largest absolute Gasteiger partial charge is 0.383 e. The van der Waals surface area contributed by atoms with Crippen LogP contribution in [0.25, 0.3) is 22.4 Å². The molecule has 3 rings (SSSR count). The first-order valence-corrected chi connectivity index (χ1v) is 8.03. The smallest absolute Gasteiger partial charge is 0.142 e. The van der Waals surface area contributed by atoms with Gasteiger partial charge in [-0.2, -0.15) is 5.26 Å². The van der Waals surface area contributed by atoms with Gasteiger partial charge in [0.25, 0.3) is 0 Å². The van der Waals surface area contributed by atoms with E-state index in [1.807, 2.05) is 31.2 Å². The molecule has 0 fully saturated rings. The van der Waals surface area contributed by atoms with Gasteiger partial charge >= 0.3 is 0 Å². The van der Waals surface area contributed by atoms with Crippen LogP contribution >= 0.6 is 15.9 Å². The van der Waals surface area contributed by atoms with Gasteiger partial charge in [0, 0.05) is 21.2 Å². The lowest BCUT2D eigenvalue weighted by Gasteiger charge is -2.15. The van der Waals surface area contributed by atoms with Crippen LogP contribution in [0.2, 0.25) is 0 Å². The van der Waals surface area contributed by atoms with Crippen molar-refractivity contribution in [3.8, 4) is 28.5 Å². The fourth-order valence-electron chi connectivity index (χ4n) is 2.70. The van der Waals surface area contributed by atoms with Gasteiger partial charge in [-0.05, 0) is 30.7 Å². The number of nitrogen functional groups attached to an aromatic ring is 1. The summed E-state index contributed by atoms with van der Waals surface area (Å²) in [4.78, 5) is 4.38. The van der Waals surface area contributed by atoms with Gasteiger partial charge < -0.3 is 5.73 Å². The lowest BCUT2D eigenvalue weighted by atomic mass is 9.92. The molecule has 118 valence electrons. The molecule has 0 aliphatic heterocycles. The summed E-state index contributed by atoms with van der Waals surface area (Å²) in [5.41, 5.74) is 9.22. The zero-order valence-corrected chi connectivity index (χ0v) is 14.4. The third-order valence-electron chi connectivity index (χ3n) is 3.84. The zero-order valence-electron chi connectivity index (χ0n) is 12.8. The lowest BCUT2D eigenvalue weighted by Crippen LogP contribution is -2.04. The molecule has 0 bridgehead atoms. The molecule has 0 saturated heterocycles. The van der Waals surface area contributed by atoms with Crippen LogP contribution in [0.3, 0.4) is 0 Å². The van der Waals surface area contributed by atoms with E-state index in [9.17, 15) is 9.65 Å². The van der Waals surface area contributed by atoms with Crippen LogP contribution in [-0.2, 0) is 0 Å². The Balaban J connectivity index is 2.34. The van der Waals surface area contributed by atoms with Crippen molar-refractivity contribution in [1.82, 2.24) is 4.98 Å². The van der Waals surface area contributed by atoms with Gasteiger partial charge in [-0.15, -0.1) is 0 Å². The molecule has 0 aliphatic rings. The van der Waals surface area contributed by atoms with Gasteiger partial charge in [0.1, 0.15) is 23.3 Å². The Kier molecular flexibility index (Phi) is 4.32. The summed E-state index contributed by atoms with van der Waals surface area (Å²) < 4.78 is 15.3. The molecular formula is C19H13BrFN3. The van der Waals surface area contributed by atoms with E-state index >= 15 is 0 Å². The third kappa shape index (κ3) is 2.77. The van der Waals surface area contributed by atoms with E-state index in [2.05, 4.69) is 27.0 Å². The molecule has 24 heavy (non-hydrogen) atoms. The molecule has 2 aromatic carbocycles. The summed E-state index contributed by atoms with van der Waals surface area (Å²) >= 11 is 3.40. The first-order chi connectivity index (χ1) is 11.5. The second-order valence-corrected chi connectivity index (χ2v) is 6.23. The van der Waals surface area contributed by atoms with Crippen LogP contribution in [0, 0.1) is 24.1 Å². The summed E-state index contributed by atoms with van der Waals surface area (Å²) in [7, 11) is 0. The molecule has 3 aromatic rings. The number of hydrogen-bond donors (Lipinski definition) is 1. The monoisotopic (exact) mass is 381 g/mol. The summed E-state index contributed by atoms with van der Waals surface area (Å²) in [5.74, 6) is -0.302. The Morgan fingerprint density at radius 1 is 1.12 bits per heavy atom. The van der Waals surface area contributed by atoms with Gasteiger partial charge in [-0.25, -0.2) is 9.37 Å².